The van der Waals surface area contributed by atoms with Crippen molar-refractivity contribution in [2.24, 2.45) is 5.92 Å². The molecule has 1 N–H and O–H groups in total. The van der Waals surface area contributed by atoms with Crippen LogP contribution in [0, 0.1) is 5.92 Å². The number of hydrogen-bond acceptors (Lipinski definition) is 3. The Morgan fingerprint density at radius 1 is 1.33 bits per heavy atom. The van der Waals surface area contributed by atoms with Gasteiger partial charge in [0, 0.05) is 25.8 Å². The summed E-state index contributed by atoms with van der Waals surface area (Å²) < 4.78 is 5.77. The van der Waals surface area contributed by atoms with Gasteiger partial charge in [-0.2, -0.15) is 0 Å². The molecule has 0 aliphatic heterocycles. The van der Waals surface area contributed by atoms with Crippen molar-refractivity contribution in [3.05, 3.63) is 24.3 Å². The predicted octanol–water partition coefficient (Wildman–Crippen LogP) is 2.68. The van der Waals surface area contributed by atoms with E-state index in [2.05, 4.69) is 11.0 Å². The lowest BCUT2D eigenvalue weighted by Gasteiger charge is -2.16. The van der Waals surface area contributed by atoms with Crippen molar-refractivity contribution in [1.82, 2.24) is 0 Å². The molecule has 2 atom stereocenters. The van der Waals surface area contributed by atoms with Gasteiger partial charge < -0.3 is 14.7 Å². The highest BCUT2D eigenvalue weighted by molar-refractivity contribution is 5.49. The molecule has 1 fully saturated rings. The summed E-state index contributed by atoms with van der Waals surface area (Å²) in [5.41, 5.74) is 1.15. The molecule has 0 aromatic heterocycles. The number of nitrogens with zero attached hydrogens (tertiary/aromatic N) is 1. The zero-order valence-electron chi connectivity index (χ0n) is 11.3. The minimum Gasteiger partial charge on any atom is -0.494 e. The summed E-state index contributed by atoms with van der Waals surface area (Å²) >= 11 is 0. The molecule has 100 valence electrons. The summed E-state index contributed by atoms with van der Waals surface area (Å²) in [5, 5.41) is 9.74. The summed E-state index contributed by atoms with van der Waals surface area (Å²) in [5.74, 6) is 1.34. The van der Waals surface area contributed by atoms with Crippen LogP contribution in [-0.4, -0.2) is 31.9 Å². The lowest BCUT2D eigenvalue weighted by molar-refractivity contribution is 0.117. The van der Waals surface area contributed by atoms with Crippen LogP contribution in [0.1, 0.15) is 25.7 Å². The molecule has 0 saturated heterocycles. The van der Waals surface area contributed by atoms with Crippen LogP contribution in [0.2, 0.25) is 0 Å². The fraction of sp³-hybridized carbons (Fsp3) is 0.600. The standard InChI is InChI=1S/C15H23NO2/c1-16(2)13-6-4-7-14(11-13)18-10-9-12-5-3-8-15(12)17/h4,6-7,11-12,15,17H,3,5,8-10H2,1-2H3. The lowest BCUT2D eigenvalue weighted by Crippen LogP contribution is -2.16. The van der Waals surface area contributed by atoms with Crippen molar-refractivity contribution < 1.29 is 9.84 Å². The maximum atomic E-state index is 9.74. The fourth-order valence-corrected chi connectivity index (χ4v) is 2.53. The van der Waals surface area contributed by atoms with Crippen molar-refractivity contribution in [1.29, 1.82) is 0 Å². The van der Waals surface area contributed by atoms with Crippen LogP contribution in [0.3, 0.4) is 0 Å². The first-order valence-corrected chi connectivity index (χ1v) is 6.75. The quantitative estimate of drug-likeness (QED) is 0.871. The van der Waals surface area contributed by atoms with Gasteiger partial charge in [-0.3, -0.25) is 0 Å². The van der Waals surface area contributed by atoms with E-state index in [1.807, 2.05) is 32.3 Å². The Morgan fingerprint density at radius 3 is 2.83 bits per heavy atom. The summed E-state index contributed by atoms with van der Waals surface area (Å²) in [6, 6.07) is 8.10. The number of aliphatic hydroxyl groups excluding tert-OH is 1. The van der Waals surface area contributed by atoms with Crippen molar-refractivity contribution in [2.75, 3.05) is 25.6 Å². The molecular formula is C15H23NO2. The molecule has 18 heavy (non-hydrogen) atoms. The first-order valence-electron chi connectivity index (χ1n) is 6.75. The summed E-state index contributed by atoms with van der Waals surface area (Å²) in [4.78, 5) is 2.06. The van der Waals surface area contributed by atoms with E-state index in [1.165, 1.54) is 0 Å². The second kappa shape index (κ2) is 6.10. The smallest absolute Gasteiger partial charge is 0.121 e. The van der Waals surface area contributed by atoms with E-state index < -0.39 is 0 Å². The van der Waals surface area contributed by atoms with E-state index in [9.17, 15) is 5.11 Å². The number of aliphatic hydroxyl groups is 1. The minimum atomic E-state index is -0.110. The number of hydrogen-bond donors (Lipinski definition) is 1. The zero-order chi connectivity index (χ0) is 13.0. The lowest BCUT2D eigenvalue weighted by atomic mass is 10.0. The molecule has 2 rings (SSSR count). The molecule has 1 aromatic rings. The molecule has 1 aliphatic rings. The third-order valence-electron chi connectivity index (χ3n) is 3.71. The topological polar surface area (TPSA) is 32.7 Å². The summed E-state index contributed by atoms with van der Waals surface area (Å²) in [6.45, 7) is 0.693. The summed E-state index contributed by atoms with van der Waals surface area (Å²) in [6.07, 6.45) is 4.10. The highest BCUT2D eigenvalue weighted by Gasteiger charge is 2.24. The van der Waals surface area contributed by atoms with Crippen molar-refractivity contribution in [3.63, 3.8) is 0 Å². The Bertz CT molecular complexity index is 379. The van der Waals surface area contributed by atoms with Gasteiger partial charge in [-0.1, -0.05) is 12.5 Å². The zero-order valence-corrected chi connectivity index (χ0v) is 11.3. The molecule has 1 aromatic carbocycles. The van der Waals surface area contributed by atoms with Crippen LogP contribution in [0.25, 0.3) is 0 Å². The van der Waals surface area contributed by atoms with E-state index in [4.69, 9.17) is 4.74 Å². The third-order valence-corrected chi connectivity index (χ3v) is 3.71. The molecule has 0 bridgehead atoms. The van der Waals surface area contributed by atoms with Gasteiger partial charge in [0.1, 0.15) is 5.75 Å². The van der Waals surface area contributed by atoms with E-state index in [0.717, 1.165) is 37.1 Å². The molecule has 2 unspecified atom stereocenters. The molecular weight excluding hydrogens is 226 g/mol. The van der Waals surface area contributed by atoms with Gasteiger partial charge in [0.25, 0.3) is 0 Å². The van der Waals surface area contributed by atoms with E-state index >= 15 is 0 Å². The number of rotatable bonds is 5. The Labute approximate surface area is 109 Å². The van der Waals surface area contributed by atoms with Crippen LogP contribution in [0.15, 0.2) is 24.3 Å². The average Bonchev–Trinajstić information content (AvgIpc) is 2.76. The van der Waals surface area contributed by atoms with E-state index in [1.54, 1.807) is 0 Å². The highest BCUT2D eigenvalue weighted by Crippen LogP contribution is 2.28. The highest BCUT2D eigenvalue weighted by atomic mass is 16.5. The number of ether oxygens (including phenoxy) is 1. The minimum absolute atomic E-state index is 0.110. The van der Waals surface area contributed by atoms with Gasteiger partial charge >= 0.3 is 0 Å². The molecule has 0 spiro atoms. The van der Waals surface area contributed by atoms with Gasteiger partial charge in [0.2, 0.25) is 0 Å². The normalized spacial score (nSPS) is 23.1. The van der Waals surface area contributed by atoms with E-state index in [0.29, 0.717) is 12.5 Å². The van der Waals surface area contributed by atoms with Gasteiger partial charge in [0.15, 0.2) is 0 Å². The van der Waals surface area contributed by atoms with Gasteiger partial charge in [-0.05, 0) is 37.3 Å². The Kier molecular flexibility index (Phi) is 4.48. The Hall–Kier alpha value is -1.22. The predicted molar refractivity (Wildman–Crippen MR) is 74.2 cm³/mol. The molecule has 0 amide bonds. The molecule has 3 heteroatoms. The van der Waals surface area contributed by atoms with Crippen molar-refractivity contribution in [2.45, 2.75) is 31.8 Å². The molecule has 0 radical (unpaired) electrons. The fourth-order valence-electron chi connectivity index (χ4n) is 2.53. The SMILES string of the molecule is CN(C)c1cccc(OCCC2CCCC2O)c1. The second-order valence-electron chi connectivity index (χ2n) is 5.29. The Balaban J connectivity index is 1.81. The van der Waals surface area contributed by atoms with E-state index in [-0.39, 0.29) is 6.10 Å². The second-order valence-corrected chi connectivity index (χ2v) is 5.29. The average molecular weight is 249 g/mol. The van der Waals surface area contributed by atoms with Gasteiger partial charge in [-0.25, -0.2) is 0 Å². The van der Waals surface area contributed by atoms with Crippen LogP contribution in [0.5, 0.6) is 5.75 Å². The largest absolute Gasteiger partial charge is 0.494 e. The maximum Gasteiger partial charge on any atom is 0.121 e. The number of benzene rings is 1. The van der Waals surface area contributed by atoms with Gasteiger partial charge in [-0.15, -0.1) is 0 Å². The van der Waals surface area contributed by atoms with Crippen molar-refractivity contribution >= 4 is 5.69 Å². The maximum absolute atomic E-state index is 9.74. The summed E-state index contributed by atoms with van der Waals surface area (Å²) in [7, 11) is 4.04. The molecule has 3 nitrogen and oxygen atoms in total. The van der Waals surface area contributed by atoms with Crippen molar-refractivity contribution in [3.8, 4) is 5.75 Å². The first-order chi connectivity index (χ1) is 8.66. The van der Waals surface area contributed by atoms with Gasteiger partial charge in [0.05, 0.1) is 12.7 Å². The first kappa shape index (κ1) is 13.2. The molecule has 1 aliphatic carbocycles. The van der Waals surface area contributed by atoms with Crippen LogP contribution in [0.4, 0.5) is 5.69 Å². The van der Waals surface area contributed by atoms with Crippen LogP contribution in [-0.2, 0) is 0 Å². The molecule has 1 saturated carbocycles. The molecule has 0 heterocycles. The van der Waals surface area contributed by atoms with Crippen LogP contribution >= 0.6 is 0 Å². The Morgan fingerprint density at radius 2 is 2.17 bits per heavy atom. The van der Waals surface area contributed by atoms with Crippen LogP contribution < -0.4 is 9.64 Å². The third kappa shape index (κ3) is 3.39. The number of anilines is 1. The monoisotopic (exact) mass is 249 g/mol.